The minimum absolute atomic E-state index is 0.0317. The molecule has 1 atom stereocenters. The van der Waals surface area contributed by atoms with Gasteiger partial charge in [-0.25, -0.2) is 10.1 Å². The Morgan fingerprint density at radius 3 is 3.10 bits per heavy atom. The van der Waals surface area contributed by atoms with Crippen molar-refractivity contribution >= 4 is 16.5 Å². The van der Waals surface area contributed by atoms with Gasteiger partial charge in [0, 0.05) is 37.1 Å². The van der Waals surface area contributed by atoms with Crippen molar-refractivity contribution in [2.45, 2.75) is 5.92 Å². The van der Waals surface area contributed by atoms with Gasteiger partial charge in [-0.1, -0.05) is 6.07 Å². The summed E-state index contributed by atoms with van der Waals surface area (Å²) < 4.78 is 1.99. The number of nitrogens with one attached hydrogen (secondary N) is 2. The van der Waals surface area contributed by atoms with E-state index in [1.54, 1.807) is 6.20 Å². The number of H-pyrrole nitrogens is 1. The molecule has 0 saturated heterocycles. The van der Waals surface area contributed by atoms with Crippen molar-refractivity contribution < 1.29 is 0 Å². The standard InChI is InChI=1S/C14H13N5O/c1-19-6-5-15-13(19)9-7-16-10-4-2-3-8-11(10)12(9)17-18-14(8)20/h2-6,9,16H,7H2,1H3,(H,18,20). The molecule has 0 bridgehead atoms. The molecule has 4 rings (SSSR count). The van der Waals surface area contributed by atoms with Crippen molar-refractivity contribution in [2.75, 3.05) is 11.9 Å². The highest BCUT2D eigenvalue weighted by atomic mass is 16.1. The largest absolute Gasteiger partial charge is 0.383 e. The molecule has 3 heterocycles. The number of rotatable bonds is 1. The van der Waals surface area contributed by atoms with Gasteiger partial charge in [0.2, 0.25) is 0 Å². The molecular weight excluding hydrogens is 254 g/mol. The quantitative estimate of drug-likeness (QED) is 0.695. The van der Waals surface area contributed by atoms with Crippen molar-refractivity contribution in [1.29, 1.82) is 0 Å². The SMILES string of the molecule is Cn1ccnc1C1CNc2cccc3c(=O)[nH]nc1c23. The maximum atomic E-state index is 11.9. The fraction of sp³-hybridized carbons (Fsp3) is 0.214. The Balaban J connectivity index is 2.05. The zero-order valence-electron chi connectivity index (χ0n) is 10.9. The van der Waals surface area contributed by atoms with Crippen LogP contribution in [0.5, 0.6) is 0 Å². The van der Waals surface area contributed by atoms with Gasteiger partial charge >= 0.3 is 0 Å². The number of anilines is 1. The van der Waals surface area contributed by atoms with E-state index in [4.69, 9.17) is 0 Å². The molecule has 2 N–H and O–H groups in total. The van der Waals surface area contributed by atoms with Crippen LogP contribution in [0.1, 0.15) is 17.4 Å². The molecule has 6 heteroatoms. The van der Waals surface area contributed by atoms with Crippen molar-refractivity contribution in [3.8, 4) is 0 Å². The summed E-state index contributed by atoms with van der Waals surface area (Å²) in [6.07, 6.45) is 3.69. The van der Waals surface area contributed by atoms with Crippen LogP contribution in [0.4, 0.5) is 5.69 Å². The molecule has 2 aromatic heterocycles. The molecule has 0 aliphatic carbocycles. The Morgan fingerprint density at radius 1 is 1.40 bits per heavy atom. The van der Waals surface area contributed by atoms with E-state index < -0.39 is 0 Å². The molecule has 1 aliphatic rings. The van der Waals surface area contributed by atoms with Crippen LogP contribution in [0.3, 0.4) is 0 Å². The first kappa shape index (κ1) is 11.2. The van der Waals surface area contributed by atoms with Crippen LogP contribution < -0.4 is 10.9 Å². The Morgan fingerprint density at radius 2 is 2.30 bits per heavy atom. The van der Waals surface area contributed by atoms with Gasteiger partial charge in [-0.2, -0.15) is 5.10 Å². The van der Waals surface area contributed by atoms with Crippen LogP contribution in [-0.2, 0) is 7.05 Å². The van der Waals surface area contributed by atoms with Crippen LogP contribution in [-0.4, -0.2) is 26.3 Å². The fourth-order valence-electron chi connectivity index (χ4n) is 2.88. The van der Waals surface area contributed by atoms with Crippen molar-refractivity contribution in [2.24, 2.45) is 7.05 Å². The molecule has 0 radical (unpaired) electrons. The molecule has 20 heavy (non-hydrogen) atoms. The molecule has 100 valence electrons. The normalized spacial score (nSPS) is 17.1. The van der Waals surface area contributed by atoms with E-state index in [2.05, 4.69) is 20.5 Å². The van der Waals surface area contributed by atoms with E-state index in [1.165, 1.54) is 0 Å². The first-order chi connectivity index (χ1) is 9.75. The van der Waals surface area contributed by atoms with E-state index in [0.29, 0.717) is 5.39 Å². The van der Waals surface area contributed by atoms with Crippen molar-refractivity contribution in [1.82, 2.24) is 19.7 Å². The second kappa shape index (κ2) is 3.93. The molecule has 0 amide bonds. The molecule has 3 aromatic rings. The molecule has 0 spiro atoms. The molecule has 1 unspecified atom stereocenters. The van der Waals surface area contributed by atoms with Crippen LogP contribution >= 0.6 is 0 Å². The molecule has 0 saturated carbocycles. The number of nitrogens with zero attached hydrogens (tertiary/aromatic N) is 3. The van der Waals surface area contributed by atoms with Gasteiger partial charge in [0.25, 0.3) is 5.56 Å². The van der Waals surface area contributed by atoms with Crippen LogP contribution in [0.2, 0.25) is 0 Å². The summed E-state index contributed by atoms with van der Waals surface area (Å²) in [5, 5.41) is 11.8. The number of imidazole rings is 1. The van der Waals surface area contributed by atoms with E-state index in [1.807, 2.05) is 36.0 Å². The maximum Gasteiger partial charge on any atom is 0.272 e. The Bertz CT molecular complexity index is 863. The number of aromatic nitrogens is 4. The zero-order valence-corrected chi connectivity index (χ0v) is 10.9. The summed E-state index contributed by atoms with van der Waals surface area (Å²) in [6.45, 7) is 0.718. The summed E-state index contributed by atoms with van der Waals surface area (Å²) in [5.41, 5.74) is 1.68. The van der Waals surface area contributed by atoms with Gasteiger partial charge in [-0.3, -0.25) is 4.79 Å². The highest BCUT2D eigenvalue weighted by Gasteiger charge is 2.27. The van der Waals surface area contributed by atoms with E-state index in [9.17, 15) is 4.79 Å². The van der Waals surface area contributed by atoms with E-state index >= 15 is 0 Å². The lowest BCUT2D eigenvalue weighted by Gasteiger charge is -2.25. The van der Waals surface area contributed by atoms with Crippen LogP contribution in [0, 0.1) is 0 Å². The van der Waals surface area contributed by atoms with Crippen molar-refractivity contribution in [3.05, 3.63) is 52.5 Å². The lowest BCUT2D eigenvalue weighted by Crippen LogP contribution is -2.25. The third-order valence-corrected chi connectivity index (χ3v) is 3.84. The first-order valence-electron chi connectivity index (χ1n) is 6.48. The lowest BCUT2D eigenvalue weighted by molar-refractivity contribution is 0.684. The lowest BCUT2D eigenvalue weighted by atomic mass is 9.94. The second-order valence-electron chi connectivity index (χ2n) is 5.00. The average Bonchev–Trinajstić information content (AvgIpc) is 2.89. The summed E-state index contributed by atoms with van der Waals surface area (Å²) in [5.74, 6) is 0.970. The summed E-state index contributed by atoms with van der Waals surface area (Å²) >= 11 is 0. The predicted octanol–water partition coefficient (Wildman–Crippen LogP) is 1.21. The molecular formula is C14H13N5O. The maximum absolute atomic E-state index is 11.9. The predicted molar refractivity (Wildman–Crippen MR) is 75.9 cm³/mol. The second-order valence-corrected chi connectivity index (χ2v) is 5.00. The number of aryl methyl sites for hydroxylation is 1. The number of benzene rings is 1. The zero-order chi connectivity index (χ0) is 13.7. The molecule has 6 nitrogen and oxygen atoms in total. The molecule has 0 fully saturated rings. The summed E-state index contributed by atoms with van der Waals surface area (Å²) in [7, 11) is 1.96. The Labute approximate surface area is 114 Å². The number of hydrogen-bond donors (Lipinski definition) is 2. The summed E-state index contributed by atoms with van der Waals surface area (Å²) in [6, 6.07) is 5.68. The average molecular weight is 267 g/mol. The van der Waals surface area contributed by atoms with Gasteiger partial charge in [-0.05, 0) is 12.1 Å². The van der Waals surface area contributed by atoms with Crippen molar-refractivity contribution in [3.63, 3.8) is 0 Å². The number of hydrogen-bond acceptors (Lipinski definition) is 4. The van der Waals surface area contributed by atoms with Gasteiger partial charge in [-0.15, -0.1) is 0 Å². The minimum atomic E-state index is -0.159. The highest BCUT2D eigenvalue weighted by Crippen LogP contribution is 2.35. The van der Waals surface area contributed by atoms with E-state index in [0.717, 1.165) is 29.1 Å². The molecule has 1 aromatic carbocycles. The van der Waals surface area contributed by atoms with Gasteiger partial charge in [0.15, 0.2) is 0 Å². The third-order valence-electron chi connectivity index (χ3n) is 3.84. The molecule has 1 aliphatic heterocycles. The fourth-order valence-corrected chi connectivity index (χ4v) is 2.88. The highest BCUT2D eigenvalue weighted by molar-refractivity contribution is 5.96. The Kier molecular flexibility index (Phi) is 2.20. The van der Waals surface area contributed by atoms with Gasteiger partial charge in [0.1, 0.15) is 5.82 Å². The van der Waals surface area contributed by atoms with Crippen LogP contribution in [0.25, 0.3) is 10.8 Å². The van der Waals surface area contributed by atoms with Gasteiger partial charge < -0.3 is 9.88 Å². The topological polar surface area (TPSA) is 75.6 Å². The van der Waals surface area contributed by atoms with E-state index in [-0.39, 0.29) is 11.5 Å². The minimum Gasteiger partial charge on any atom is -0.383 e. The Hall–Kier alpha value is -2.63. The number of aromatic amines is 1. The first-order valence-corrected chi connectivity index (χ1v) is 6.48. The third kappa shape index (κ3) is 1.41. The van der Waals surface area contributed by atoms with Gasteiger partial charge in [0.05, 0.1) is 17.0 Å². The smallest absolute Gasteiger partial charge is 0.272 e. The summed E-state index contributed by atoms with van der Waals surface area (Å²) in [4.78, 5) is 16.3. The van der Waals surface area contributed by atoms with Crippen LogP contribution in [0.15, 0.2) is 35.4 Å². The monoisotopic (exact) mass is 267 g/mol.